The number of benzene rings is 1. The molecule has 0 aliphatic rings. The molecule has 0 bridgehead atoms. The van der Waals surface area contributed by atoms with Crippen LogP contribution in [0, 0.1) is 12.8 Å². The minimum absolute atomic E-state index is 0.283. The fourth-order valence-electron chi connectivity index (χ4n) is 1.89. The van der Waals surface area contributed by atoms with Crippen LogP contribution < -0.4 is 10.1 Å². The van der Waals surface area contributed by atoms with Gasteiger partial charge in [0.15, 0.2) is 6.10 Å². The van der Waals surface area contributed by atoms with Gasteiger partial charge in [-0.15, -0.1) is 10.2 Å². The molecule has 1 aromatic carbocycles. The normalized spacial score (nSPS) is 12.3. The highest BCUT2D eigenvalue weighted by Crippen LogP contribution is 2.26. The molecule has 1 aromatic heterocycles. The highest BCUT2D eigenvalue weighted by atomic mass is 35.5. The second-order valence-electron chi connectivity index (χ2n) is 5.78. The van der Waals surface area contributed by atoms with Crippen LogP contribution in [-0.4, -0.2) is 22.2 Å². The van der Waals surface area contributed by atoms with Crippen molar-refractivity contribution >= 4 is 34.0 Å². The summed E-state index contributed by atoms with van der Waals surface area (Å²) in [5.74, 6) is 0.708. The number of nitrogens with zero attached hydrogens (tertiary/aromatic N) is 2. The SMILES string of the molecule is Cc1ccc(Cl)c(OC(C)C(=O)Nc2nnc(CC(C)C)s2)c1. The molecule has 5 nitrogen and oxygen atoms in total. The van der Waals surface area contributed by atoms with Gasteiger partial charge >= 0.3 is 0 Å². The quantitative estimate of drug-likeness (QED) is 0.849. The molecule has 1 atom stereocenters. The van der Waals surface area contributed by atoms with Gasteiger partial charge in [0, 0.05) is 6.42 Å². The summed E-state index contributed by atoms with van der Waals surface area (Å²) in [7, 11) is 0. The van der Waals surface area contributed by atoms with E-state index >= 15 is 0 Å². The average molecular weight is 354 g/mol. The first-order chi connectivity index (χ1) is 10.8. The summed E-state index contributed by atoms with van der Waals surface area (Å²) in [5, 5.41) is 12.7. The number of ether oxygens (including phenoxy) is 1. The number of carbonyl (C=O) groups excluding carboxylic acids is 1. The highest BCUT2D eigenvalue weighted by molar-refractivity contribution is 7.15. The van der Waals surface area contributed by atoms with Crippen LogP contribution in [-0.2, 0) is 11.2 Å². The van der Waals surface area contributed by atoms with Gasteiger partial charge < -0.3 is 4.74 Å². The molecule has 2 aromatic rings. The maximum atomic E-state index is 12.2. The number of amides is 1. The summed E-state index contributed by atoms with van der Waals surface area (Å²) in [6.45, 7) is 7.83. The summed E-state index contributed by atoms with van der Waals surface area (Å²) in [5.41, 5.74) is 1.01. The summed E-state index contributed by atoms with van der Waals surface area (Å²) in [6.07, 6.45) is 0.158. The van der Waals surface area contributed by atoms with E-state index in [1.165, 1.54) is 11.3 Å². The van der Waals surface area contributed by atoms with Crippen molar-refractivity contribution in [3.8, 4) is 5.75 Å². The lowest BCUT2D eigenvalue weighted by Gasteiger charge is -2.15. The molecule has 0 fully saturated rings. The zero-order valence-electron chi connectivity index (χ0n) is 13.6. The third-order valence-corrected chi connectivity index (χ3v) is 4.21. The number of aryl methyl sites for hydroxylation is 1. The van der Waals surface area contributed by atoms with E-state index in [0.717, 1.165) is 17.0 Å². The van der Waals surface area contributed by atoms with Gasteiger partial charge in [0.25, 0.3) is 5.91 Å². The maximum Gasteiger partial charge on any atom is 0.266 e. The largest absolute Gasteiger partial charge is 0.479 e. The van der Waals surface area contributed by atoms with Crippen LogP contribution in [0.25, 0.3) is 0 Å². The summed E-state index contributed by atoms with van der Waals surface area (Å²) in [4.78, 5) is 12.2. The number of aromatic nitrogens is 2. The lowest BCUT2D eigenvalue weighted by atomic mass is 10.1. The van der Waals surface area contributed by atoms with Gasteiger partial charge in [0.05, 0.1) is 5.02 Å². The van der Waals surface area contributed by atoms with Gasteiger partial charge in [0.1, 0.15) is 10.8 Å². The molecule has 1 heterocycles. The standard InChI is InChI=1S/C16H20ClN3O2S/c1-9(2)7-14-19-20-16(23-14)18-15(21)11(4)22-13-8-10(3)5-6-12(13)17/h5-6,8-9,11H,7H2,1-4H3,(H,18,20,21). The maximum absolute atomic E-state index is 12.2. The number of rotatable bonds is 6. The van der Waals surface area contributed by atoms with E-state index in [4.69, 9.17) is 16.3 Å². The second-order valence-corrected chi connectivity index (χ2v) is 7.25. The predicted molar refractivity (Wildman–Crippen MR) is 93.4 cm³/mol. The van der Waals surface area contributed by atoms with Crippen molar-refractivity contribution in [1.82, 2.24) is 10.2 Å². The van der Waals surface area contributed by atoms with E-state index in [2.05, 4.69) is 29.4 Å². The first kappa shape index (κ1) is 17.7. The van der Waals surface area contributed by atoms with Crippen molar-refractivity contribution in [2.24, 2.45) is 5.92 Å². The smallest absolute Gasteiger partial charge is 0.266 e. The first-order valence-corrected chi connectivity index (χ1v) is 8.60. The lowest BCUT2D eigenvalue weighted by Crippen LogP contribution is -2.30. The zero-order valence-corrected chi connectivity index (χ0v) is 15.2. The monoisotopic (exact) mass is 353 g/mol. The second kappa shape index (κ2) is 7.75. The molecule has 0 saturated heterocycles. The minimum atomic E-state index is -0.688. The zero-order chi connectivity index (χ0) is 17.0. The van der Waals surface area contributed by atoms with Crippen LogP contribution in [0.4, 0.5) is 5.13 Å². The Hall–Kier alpha value is -1.66. The predicted octanol–water partition coefficient (Wildman–Crippen LogP) is 4.10. The number of carbonyl (C=O) groups is 1. The summed E-state index contributed by atoms with van der Waals surface area (Å²) >= 11 is 7.46. The third kappa shape index (κ3) is 5.18. The molecule has 0 spiro atoms. The Morgan fingerprint density at radius 3 is 2.78 bits per heavy atom. The van der Waals surface area contributed by atoms with Gasteiger partial charge in [-0.1, -0.05) is 42.9 Å². The number of nitrogens with one attached hydrogen (secondary N) is 1. The van der Waals surface area contributed by atoms with E-state index in [-0.39, 0.29) is 5.91 Å². The number of hydrogen-bond donors (Lipinski definition) is 1. The Balaban J connectivity index is 1.97. The van der Waals surface area contributed by atoms with Crippen LogP contribution in [0.2, 0.25) is 5.02 Å². The van der Waals surface area contributed by atoms with Crippen LogP contribution in [0.3, 0.4) is 0 Å². The van der Waals surface area contributed by atoms with Crippen LogP contribution >= 0.6 is 22.9 Å². The molecular weight excluding hydrogens is 334 g/mol. The number of anilines is 1. The Kier molecular flexibility index (Phi) is 5.96. The topological polar surface area (TPSA) is 64.1 Å². The van der Waals surface area contributed by atoms with Crippen molar-refractivity contribution in [3.05, 3.63) is 33.8 Å². The van der Waals surface area contributed by atoms with E-state index in [9.17, 15) is 4.79 Å². The van der Waals surface area contributed by atoms with E-state index < -0.39 is 6.10 Å². The van der Waals surface area contributed by atoms with Gasteiger partial charge in [-0.3, -0.25) is 10.1 Å². The molecule has 0 aliphatic carbocycles. The van der Waals surface area contributed by atoms with E-state index in [1.54, 1.807) is 19.1 Å². The molecule has 0 aliphatic heterocycles. The molecule has 0 saturated carbocycles. The van der Waals surface area contributed by atoms with Gasteiger partial charge in [-0.2, -0.15) is 0 Å². The average Bonchev–Trinajstić information content (AvgIpc) is 2.89. The van der Waals surface area contributed by atoms with E-state index in [1.807, 2.05) is 13.0 Å². The Morgan fingerprint density at radius 2 is 2.09 bits per heavy atom. The lowest BCUT2D eigenvalue weighted by molar-refractivity contribution is -0.122. The molecule has 124 valence electrons. The Bertz CT molecular complexity index is 688. The van der Waals surface area contributed by atoms with Crippen LogP contribution in [0.1, 0.15) is 31.3 Å². The van der Waals surface area contributed by atoms with Crippen LogP contribution in [0.15, 0.2) is 18.2 Å². The summed E-state index contributed by atoms with van der Waals surface area (Å²) < 4.78 is 5.64. The summed E-state index contributed by atoms with van der Waals surface area (Å²) in [6, 6.07) is 5.44. The molecule has 0 radical (unpaired) electrons. The Labute approximate surface area is 145 Å². The fourth-order valence-corrected chi connectivity index (χ4v) is 3.00. The molecule has 1 unspecified atom stereocenters. The van der Waals surface area contributed by atoms with Gasteiger partial charge in [0.2, 0.25) is 5.13 Å². The minimum Gasteiger partial charge on any atom is -0.479 e. The number of hydrogen-bond acceptors (Lipinski definition) is 5. The fraction of sp³-hybridized carbons (Fsp3) is 0.438. The number of halogens is 1. The van der Waals surface area contributed by atoms with Crippen LogP contribution in [0.5, 0.6) is 5.75 Å². The molecule has 2 rings (SSSR count). The molecule has 1 amide bonds. The Morgan fingerprint density at radius 1 is 1.35 bits per heavy atom. The molecule has 7 heteroatoms. The van der Waals surface area contributed by atoms with Crippen molar-refractivity contribution in [2.75, 3.05) is 5.32 Å². The van der Waals surface area contributed by atoms with Gasteiger partial charge in [-0.05, 0) is 37.5 Å². The first-order valence-electron chi connectivity index (χ1n) is 7.41. The van der Waals surface area contributed by atoms with Crippen molar-refractivity contribution in [3.63, 3.8) is 0 Å². The molecule has 23 heavy (non-hydrogen) atoms. The third-order valence-electron chi connectivity index (χ3n) is 3.04. The molecule has 1 N–H and O–H groups in total. The van der Waals surface area contributed by atoms with Gasteiger partial charge in [-0.25, -0.2) is 0 Å². The van der Waals surface area contributed by atoms with Crippen molar-refractivity contribution in [2.45, 2.75) is 40.2 Å². The molecular formula is C16H20ClN3O2S. The van der Waals surface area contributed by atoms with E-state index in [0.29, 0.717) is 21.8 Å². The van der Waals surface area contributed by atoms with Crippen molar-refractivity contribution in [1.29, 1.82) is 0 Å². The highest BCUT2D eigenvalue weighted by Gasteiger charge is 2.18. The van der Waals surface area contributed by atoms with Crippen molar-refractivity contribution < 1.29 is 9.53 Å².